The van der Waals surface area contributed by atoms with Crippen molar-refractivity contribution in [2.24, 2.45) is 0 Å². The summed E-state index contributed by atoms with van der Waals surface area (Å²) < 4.78 is 5.30. The van der Waals surface area contributed by atoms with Gasteiger partial charge >= 0.3 is 0 Å². The Morgan fingerprint density at radius 1 is 1.67 bits per heavy atom. The molecule has 1 heterocycles. The summed E-state index contributed by atoms with van der Waals surface area (Å²) in [4.78, 5) is 13.0. The standard InChI is InChI=1S/C10H15ClN2O2/c1-13(2)8(7-12-10(14)6-11)9-4-3-5-15-9/h3-5,8H,6-7H2,1-2H3,(H,12,14). The Morgan fingerprint density at radius 3 is 2.87 bits per heavy atom. The van der Waals surface area contributed by atoms with Gasteiger partial charge in [-0.2, -0.15) is 0 Å². The van der Waals surface area contributed by atoms with Gasteiger partial charge in [0.15, 0.2) is 0 Å². The molecule has 15 heavy (non-hydrogen) atoms. The Balaban J connectivity index is 2.56. The van der Waals surface area contributed by atoms with Gasteiger partial charge in [-0.25, -0.2) is 0 Å². The highest BCUT2D eigenvalue weighted by molar-refractivity contribution is 6.27. The molecule has 1 unspecified atom stereocenters. The molecule has 0 fully saturated rings. The van der Waals surface area contributed by atoms with Gasteiger partial charge < -0.3 is 9.73 Å². The number of rotatable bonds is 5. The molecule has 5 heteroatoms. The van der Waals surface area contributed by atoms with E-state index in [1.165, 1.54) is 0 Å². The fourth-order valence-electron chi connectivity index (χ4n) is 1.28. The lowest BCUT2D eigenvalue weighted by Crippen LogP contribution is -2.34. The molecule has 1 rings (SSSR count). The topological polar surface area (TPSA) is 45.5 Å². The molecule has 1 amide bonds. The van der Waals surface area contributed by atoms with Crippen LogP contribution in [0.5, 0.6) is 0 Å². The second-order valence-electron chi connectivity index (χ2n) is 3.43. The van der Waals surface area contributed by atoms with E-state index in [1.807, 2.05) is 31.1 Å². The minimum absolute atomic E-state index is 0.0156. The number of carbonyl (C=O) groups excluding carboxylic acids is 1. The van der Waals surface area contributed by atoms with Crippen molar-refractivity contribution in [3.63, 3.8) is 0 Å². The van der Waals surface area contributed by atoms with Gasteiger partial charge in [0.25, 0.3) is 0 Å². The third kappa shape index (κ3) is 3.57. The van der Waals surface area contributed by atoms with Crippen LogP contribution in [0.15, 0.2) is 22.8 Å². The van der Waals surface area contributed by atoms with Crippen molar-refractivity contribution in [2.75, 3.05) is 26.5 Å². The third-order valence-corrected chi connectivity index (χ3v) is 2.35. The highest BCUT2D eigenvalue weighted by atomic mass is 35.5. The minimum atomic E-state index is -0.171. The normalized spacial score (nSPS) is 12.8. The minimum Gasteiger partial charge on any atom is -0.468 e. The van der Waals surface area contributed by atoms with Crippen LogP contribution in [0.4, 0.5) is 0 Å². The smallest absolute Gasteiger partial charge is 0.234 e. The lowest BCUT2D eigenvalue weighted by molar-refractivity contribution is -0.118. The summed E-state index contributed by atoms with van der Waals surface area (Å²) in [6, 6.07) is 3.75. The first-order valence-corrected chi connectivity index (χ1v) is 5.21. The van der Waals surface area contributed by atoms with Gasteiger partial charge in [-0.05, 0) is 26.2 Å². The fraction of sp³-hybridized carbons (Fsp3) is 0.500. The van der Waals surface area contributed by atoms with Crippen molar-refractivity contribution >= 4 is 17.5 Å². The molecule has 1 aromatic heterocycles. The number of alkyl halides is 1. The van der Waals surface area contributed by atoms with Gasteiger partial charge in [-0.1, -0.05) is 0 Å². The van der Waals surface area contributed by atoms with Gasteiger partial charge in [-0.3, -0.25) is 9.69 Å². The van der Waals surface area contributed by atoms with Gasteiger partial charge in [0.2, 0.25) is 5.91 Å². The second-order valence-corrected chi connectivity index (χ2v) is 3.70. The van der Waals surface area contributed by atoms with Gasteiger partial charge in [0, 0.05) is 6.54 Å². The van der Waals surface area contributed by atoms with Gasteiger partial charge in [0.1, 0.15) is 11.6 Å². The summed E-state index contributed by atoms with van der Waals surface area (Å²) in [6.45, 7) is 0.492. The molecule has 84 valence electrons. The van der Waals surface area contributed by atoms with Gasteiger partial charge in [-0.15, -0.1) is 11.6 Å². The van der Waals surface area contributed by atoms with E-state index in [1.54, 1.807) is 6.26 Å². The van der Waals surface area contributed by atoms with E-state index in [9.17, 15) is 4.79 Å². The predicted octanol–water partition coefficient (Wildman–Crippen LogP) is 1.24. The summed E-state index contributed by atoms with van der Waals surface area (Å²) in [5, 5.41) is 2.73. The Bertz CT molecular complexity index is 298. The van der Waals surface area contributed by atoms with Crippen LogP contribution in [0.25, 0.3) is 0 Å². The number of furan rings is 1. The Hall–Kier alpha value is -1.00. The van der Waals surface area contributed by atoms with Crippen LogP contribution in [0, 0.1) is 0 Å². The molecule has 0 saturated heterocycles. The first-order valence-electron chi connectivity index (χ1n) is 4.67. The summed E-state index contributed by atoms with van der Waals surface area (Å²) in [6.07, 6.45) is 1.62. The zero-order chi connectivity index (χ0) is 11.3. The van der Waals surface area contributed by atoms with E-state index in [4.69, 9.17) is 16.0 Å². The Labute approximate surface area is 94.2 Å². The molecule has 0 aliphatic rings. The van der Waals surface area contributed by atoms with Crippen LogP contribution in [-0.2, 0) is 4.79 Å². The van der Waals surface area contributed by atoms with E-state index in [0.717, 1.165) is 5.76 Å². The molecular weight excluding hydrogens is 216 g/mol. The van der Waals surface area contributed by atoms with Crippen LogP contribution in [-0.4, -0.2) is 37.3 Å². The molecule has 0 aliphatic carbocycles. The van der Waals surface area contributed by atoms with E-state index >= 15 is 0 Å². The van der Waals surface area contributed by atoms with E-state index in [2.05, 4.69) is 5.32 Å². The maximum Gasteiger partial charge on any atom is 0.234 e. The number of amides is 1. The molecule has 0 bridgehead atoms. The second kappa shape index (κ2) is 5.78. The number of halogens is 1. The van der Waals surface area contributed by atoms with Crippen molar-refractivity contribution < 1.29 is 9.21 Å². The molecule has 0 aliphatic heterocycles. The lowest BCUT2D eigenvalue weighted by Gasteiger charge is -2.22. The molecule has 0 spiro atoms. The van der Waals surface area contributed by atoms with Crippen molar-refractivity contribution in [3.05, 3.63) is 24.2 Å². The summed E-state index contributed by atoms with van der Waals surface area (Å²) >= 11 is 5.39. The zero-order valence-electron chi connectivity index (χ0n) is 8.87. The maximum absolute atomic E-state index is 11.0. The number of nitrogens with zero attached hydrogens (tertiary/aromatic N) is 1. The van der Waals surface area contributed by atoms with Crippen molar-refractivity contribution in [3.8, 4) is 0 Å². The van der Waals surface area contributed by atoms with Crippen LogP contribution >= 0.6 is 11.6 Å². The number of hydrogen-bond acceptors (Lipinski definition) is 3. The molecule has 0 aromatic carbocycles. The molecule has 4 nitrogen and oxygen atoms in total. The molecule has 1 N–H and O–H groups in total. The van der Waals surface area contributed by atoms with Crippen LogP contribution in [0.2, 0.25) is 0 Å². The molecule has 0 saturated carbocycles. The highest BCUT2D eigenvalue weighted by Crippen LogP contribution is 2.17. The molecule has 1 atom stereocenters. The number of hydrogen-bond donors (Lipinski definition) is 1. The SMILES string of the molecule is CN(C)C(CNC(=O)CCl)c1ccco1. The first kappa shape index (κ1) is 12.1. The summed E-state index contributed by atoms with van der Waals surface area (Å²) in [7, 11) is 3.86. The third-order valence-electron chi connectivity index (χ3n) is 2.11. The molecule has 1 aromatic rings. The average Bonchev–Trinajstić information content (AvgIpc) is 2.70. The number of carbonyl (C=O) groups is 1. The van der Waals surface area contributed by atoms with Crippen molar-refractivity contribution in [1.29, 1.82) is 0 Å². The van der Waals surface area contributed by atoms with Crippen LogP contribution in [0.1, 0.15) is 11.8 Å². The largest absolute Gasteiger partial charge is 0.468 e. The fourth-order valence-corrected chi connectivity index (χ4v) is 1.37. The quantitative estimate of drug-likeness (QED) is 0.775. The van der Waals surface area contributed by atoms with Gasteiger partial charge in [0.05, 0.1) is 12.3 Å². The zero-order valence-corrected chi connectivity index (χ0v) is 9.62. The van der Waals surface area contributed by atoms with Crippen LogP contribution < -0.4 is 5.32 Å². The van der Waals surface area contributed by atoms with E-state index in [-0.39, 0.29) is 17.8 Å². The van der Waals surface area contributed by atoms with E-state index < -0.39 is 0 Å². The number of likely N-dealkylation sites (N-methyl/N-ethyl adjacent to an activating group) is 1. The molecular formula is C10H15ClN2O2. The highest BCUT2D eigenvalue weighted by Gasteiger charge is 2.17. The Morgan fingerprint density at radius 2 is 2.40 bits per heavy atom. The molecule has 0 radical (unpaired) electrons. The lowest BCUT2D eigenvalue weighted by atomic mass is 10.2. The monoisotopic (exact) mass is 230 g/mol. The summed E-state index contributed by atoms with van der Waals surface area (Å²) in [5.41, 5.74) is 0. The number of nitrogens with one attached hydrogen (secondary N) is 1. The predicted molar refractivity (Wildman–Crippen MR) is 58.9 cm³/mol. The summed E-state index contributed by atoms with van der Waals surface area (Å²) in [5.74, 6) is 0.642. The van der Waals surface area contributed by atoms with Crippen molar-refractivity contribution in [1.82, 2.24) is 10.2 Å². The average molecular weight is 231 g/mol. The first-order chi connectivity index (χ1) is 7.15. The Kier molecular flexibility index (Phi) is 4.65. The van der Waals surface area contributed by atoms with Crippen LogP contribution in [0.3, 0.4) is 0 Å². The van der Waals surface area contributed by atoms with Crippen molar-refractivity contribution in [2.45, 2.75) is 6.04 Å². The van der Waals surface area contributed by atoms with E-state index in [0.29, 0.717) is 6.54 Å². The maximum atomic E-state index is 11.0.